The quantitative estimate of drug-likeness (QED) is 0.548. The predicted octanol–water partition coefficient (Wildman–Crippen LogP) is 0.0522. The standard InChI is InChI=1S/C9H11NO4/c10-8(9(13)14)3-5-1-6(11)4-7(12)2-5/h1-2,4,8,11-12H,3,10H2,(H,13,14)/t8-/m0/s1. The Hall–Kier alpha value is -1.75. The van der Waals surface area contributed by atoms with E-state index in [1.54, 1.807) is 0 Å². The van der Waals surface area contributed by atoms with E-state index in [0.717, 1.165) is 6.07 Å². The molecular formula is C9H11NO4. The van der Waals surface area contributed by atoms with E-state index in [1.165, 1.54) is 12.1 Å². The van der Waals surface area contributed by atoms with Crippen molar-refractivity contribution in [2.24, 2.45) is 5.73 Å². The van der Waals surface area contributed by atoms with Crippen LogP contribution in [0.1, 0.15) is 5.56 Å². The Kier molecular flexibility index (Phi) is 2.93. The zero-order valence-corrected chi connectivity index (χ0v) is 7.34. The second kappa shape index (κ2) is 3.97. The molecule has 0 aliphatic carbocycles. The van der Waals surface area contributed by atoms with Gasteiger partial charge in [0, 0.05) is 6.07 Å². The number of carboxylic acids is 1. The van der Waals surface area contributed by atoms with Crippen molar-refractivity contribution in [2.75, 3.05) is 0 Å². The molecule has 1 aromatic rings. The predicted molar refractivity (Wildman–Crippen MR) is 49.1 cm³/mol. The van der Waals surface area contributed by atoms with Crippen molar-refractivity contribution in [3.05, 3.63) is 23.8 Å². The van der Waals surface area contributed by atoms with Gasteiger partial charge in [0.05, 0.1) is 0 Å². The van der Waals surface area contributed by atoms with Crippen molar-refractivity contribution >= 4 is 5.97 Å². The number of aliphatic carboxylic acids is 1. The molecule has 0 unspecified atom stereocenters. The van der Waals surface area contributed by atoms with Crippen LogP contribution in [-0.2, 0) is 11.2 Å². The Morgan fingerprint density at radius 2 is 1.79 bits per heavy atom. The molecule has 0 heterocycles. The van der Waals surface area contributed by atoms with Crippen LogP contribution < -0.4 is 5.73 Å². The van der Waals surface area contributed by atoms with Gasteiger partial charge >= 0.3 is 5.97 Å². The molecule has 1 aromatic carbocycles. The van der Waals surface area contributed by atoms with Crippen LogP contribution in [0.4, 0.5) is 0 Å². The van der Waals surface area contributed by atoms with Crippen LogP contribution in [0.5, 0.6) is 11.5 Å². The van der Waals surface area contributed by atoms with E-state index >= 15 is 0 Å². The van der Waals surface area contributed by atoms with E-state index in [4.69, 9.17) is 21.1 Å². The molecule has 14 heavy (non-hydrogen) atoms. The molecule has 76 valence electrons. The lowest BCUT2D eigenvalue weighted by Gasteiger charge is -2.07. The summed E-state index contributed by atoms with van der Waals surface area (Å²) in [6.45, 7) is 0. The number of benzene rings is 1. The van der Waals surface area contributed by atoms with E-state index in [2.05, 4.69) is 0 Å². The number of hydrogen-bond acceptors (Lipinski definition) is 4. The van der Waals surface area contributed by atoms with Crippen LogP contribution in [-0.4, -0.2) is 27.3 Å². The normalized spacial score (nSPS) is 12.4. The summed E-state index contributed by atoms with van der Waals surface area (Å²) in [6, 6.07) is 2.86. The second-order valence-corrected chi connectivity index (χ2v) is 3.01. The molecule has 0 aliphatic heterocycles. The number of aromatic hydroxyl groups is 2. The van der Waals surface area contributed by atoms with Crippen molar-refractivity contribution in [3.63, 3.8) is 0 Å². The number of carbonyl (C=O) groups is 1. The summed E-state index contributed by atoms with van der Waals surface area (Å²) in [7, 11) is 0. The third kappa shape index (κ3) is 2.63. The summed E-state index contributed by atoms with van der Waals surface area (Å²) in [5.74, 6) is -1.34. The van der Waals surface area contributed by atoms with E-state index in [-0.39, 0.29) is 17.9 Å². The Morgan fingerprint density at radius 3 is 2.21 bits per heavy atom. The van der Waals surface area contributed by atoms with Crippen molar-refractivity contribution in [1.82, 2.24) is 0 Å². The highest BCUT2D eigenvalue weighted by atomic mass is 16.4. The molecule has 1 rings (SSSR count). The van der Waals surface area contributed by atoms with Crippen LogP contribution in [0.2, 0.25) is 0 Å². The summed E-state index contributed by atoms with van der Waals surface area (Å²) in [5, 5.41) is 26.7. The molecule has 5 nitrogen and oxygen atoms in total. The largest absolute Gasteiger partial charge is 0.508 e. The van der Waals surface area contributed by atoms with Crippen LogP contribution in [0, 0.1) is 0 Å². The monoisotopic (exact) mass is 197 g/mol. The molecule has 0 aliphatic rings. The molecule has 0 bridgehead atoms. The van der Waals surface area contributed by atoms with Gasteiger partial charge in [0.25, 0.3) is 0 Å². The summed E-state index contributed by atoms with van der Waals surface area (Å²) >= 11 is 0. The van der Waals surface area contributed by atoms with E-state index < -0.39 is 12.0 Å². The Balaban J connectivity index is 2.81. The molecule has 0 spiro atoms. The van der Waals surface area contributed by atoms with E-state index in [1.807, 2.05) is 0 Å². The first kappa shape index (κ1) is 10.3. The molecule has 0 amide bonds. The Labute approximate surface area is 80.4 Å². The first-order chi connectivity index (χ1) is 6.49. The van der Waals surface area contributed by atoms with Gasteiger partial charge in [-0.05, 0) is 24.1 Å². The highest BCUT2D eigenvalue weighted by Gasteiger charge is 2.12. The lowest BCUT2D eigenvalue weighted by molar-refractivity contribution is -0.138. The fourth-order valence-corrected chi connectivity index (χ4v) is 1.12. The smallest absolute Gasteiger partial charge is 0.320 e. The number of nitrogens with two attached hydrogens (primary N) is 1. The van der Waals surface area contributed by atoms with Crippen molar-refractivity contribution in [2.45, 2.75) is 12.5 Å². The van der Waals surface area contributed by atoms with Gasteiger partial charge in [-0.1, -0.05) is 0 Å². The van der Waals surface area contributed by atoms with Gasteiger partial charge < -0.3 is 21.1 Å². The summed E-state index contributed by atoms with van der Waals surface area (Å²) in [5.41, 5.74) is 5.77. The van der Waals surface area contributed by atoms with Crippen molar-refractivity contribution in [3.8, 4) is 11.5 Å². The molecule has 1 atom stereocenters. The van der Waals surface area contributed by atoms with Crippen molar-refractivity contribution < 1.29 is 20.1 Å². The van der Waals surface area contributed by atoms with Crippen LogP contribution in [0.15, 0.2) is 18.2 Å². The summed E-state index contributed by atoms with van der Waals surface area (Å²) < 4.78 is 0. The Morgan fingerprint density at radius 1 is 1.29 bits per heavy atom. The number of rotatable bonds is 3. The molecule has 0 saturated carbocycles. The third-order valence-electron chi connectivity index (χ3n) is 1.74. The lowest BCUT2D eigenvalue weighted by Crippen LogP contribution is -2.32. The zero-order valence-electron chi connectivity index (χ0n) is 7.34. The molecular weight excluding hydrogens is 186 g/mol. The average molecular weight is 197 g/mol. The van der Waals surface area contributed by atoms with Gasteiger partial charge in [-0.3, -0.25) is 4.79 Å². The van der Waals surface area contributed by atoms with Gasteiger partial charge in [-0.25, -0.2) is 0 Å². The number of hydrogen-bond donors (Lipinski definition) is 4. The highest BCUT2D eigenvalue weighted by Crippen LogP contribution is 2.20. The lowest BCUT2D eigenvalue weighted by atomic mass is 10.1. The van der Waals surface area contributed by atoms with Gasteiger partial charge in [0.15, 0.2) is 0 Å². The van der Waals surface area contributed by atoms with Gasteiger partial charge in [-0.2, -0.15) is 0 Å². The van der Waals surface area contributed by atoms with Gasteiger partial charge in [0.2, 0.25) is 0 Å². The first-order valence-electron chi connectivity index (χ1n) is 3.99. The summed E-state index contributed by atoms with van der Waals surface area (Å²) in [6.07, 6.45) is 0.0668. The van der Waals surface area contributed by atoms with Gasteiger partial charge in [-0.15, -0.1) is 0 Å². The minimum absolute atomic E-state index is 0.0668. The maximum Gasteiger partial charge on any atom is 0.320 e. The third-order valence-corrected chi connectivity index (χ3v) is 1.74. The fraction of sp³-hybridized carbons (Fsp3) is 0.222. The zero-order chi connectivity index (χ0) is 10.7. The molecule has 5 N–H and O–H groups in total. The highest BCUT2D eigenvalue weighted by molar-refractivity contribution is 5.73. The molecule has 0 fully saturated rings. The number of phenolic OH excluding ortho intramolecular Hbond substituents is 2. The van der Waals surface area contributed by atoms with Gasteiger partial charge in [0.1, 0.15) is 17.5 Å². The number of carboxylic acid groups (broad SMARTS) is 1. The molecule has 0 saturated heterocycles. The summed E-state index contributed by atoms with van der Waals surface area (Å²) in [4.78, 5) is 10.4. The molecule has 0 aromatic heterocycles. The average Bonchev–Trinajstić information content (AvgIpc) is 2.01. The maximum absolute atomic E-state index is 10.4. The maximum atomic E-state index is 10.4. The minimum atomic E-state index is -1.12. The van der Waals surface area contributed by atoms with Crippen molar-refractivity contribution in [1.29, 1.82) is 0 Å². The molecule has 5 heteroatoms. The first-order valence-corrected chi connectivity index (χ1v) is 3.99. The Bertz CT molecular complexity index is 330. The van der Waals surface area contributed by atoms with Crippen LogP contribution in [0.3, 0.4) is 0 Å². The van der Waals surface area contributed by atoms with Crippen LogP contribution >= 0.6 is 0 Å². The topological polar surface area (TPSA) is 104 Å². The SMILES string of the molecule is N[C@@H](Cc1cc(O)cc(O)c1)C(=O)O. The van der Waals surface area contributed by atoms with Crippen LogP contribution in [0.25, 0.3) is 0 Å². The van der Waals surface area contributed by atoms with E-state index in [0.29, 0.717) is 5.56 Å². The van der Waals surface area contributed by atoms with E-state index in [9.17, 15) is 4.79 Å². The molecule has 0 radical (unpaired) electrons. The number of phenols is 2. The minimum Gasteiger partial charge on any atom is -0.508 e. The fourth-order valence-electron chi connectivity index (χ4n) is 1.12. The second-order valence-electron chi connectivity index (χ2n) is 3.01.